The molecule has 0 heterocycles. The standard InChI is InChI=1S/C27H44N4O5/c1-7-17(5)22(30-24(32)20(28)15-19-12-10-9-11-13-19)26(34)29-21(14-16(3)4)25(33)31-23(27(35)36)18(6)8-2/h9-13,16-18,20-23H,7-8,14-15,28H2,1-6H3,(H,29,34)(H,30,32)(H,31,33)(H,35,36). The van der Waals surface area contributed by atoms with E-state index in [1.807, 2.05) is 65.0 Å². The Kier molecular flexibility index (Phi) is 13.2. The van der Waals surface area contributed by atoms with Crippen LogP contribution in [-0.2, 0) is 25.6 Å². The number of amides is 3. The van der Waals surface area contributed by atoms with Crippen molar-refractivity contribution in [3.8, 4) is 0 Å². The Morgan fingerprint density at radius 1 is 0.806 bits per heavy atom. The first-order valence-corrected chi connectivity index (χ1v) is 12.8. The minimum atomic E-state index is -1.12. The summed E-state index contributed by atoms with van der Waals surface area (Å²) in [7, 11) is 0. The van der Waals surface area contributed by atoms with E-state index < -0.39 is 47.9 Å². The van der Waals surface area contributed by atoms with E-state index in [0.717, 1.165) is 5.56 Å². The summed E-state index contributed by atoms with van der Waals surface area (Å²) < 4.78 is 0. The van der Waals surface area contributed by atoms with Crippen molar-refractivity contribution in [1.82, 2.24) is 16.0 Å². The molecule has 202 valence electrons. The number of nitrogens with one attached hydrogen (secondary N) is 3. The van der Waals surface area contributed by atoms with Crippen molar-refractivity contribution in [2.24, 2.45) is 23.5 Å². The summed E-state index contributed by atoms with van der Waals surface area (Å²) in [5, 5.41) is 17.7. The lowest BCUT2D eigenvalue weighted by atomic mass is 9.95. The summed E-state index contributed by atoms with van der Waals surface area (Å²) in [4.78, 5) is 50.9. The first-order chi connectivity index (χ1) is 16.9. The van der Waals surface area contributed by atoms with Crippen LogP contribution in [0.15, 0.2) is 30.3 Å². The molecule has 0 aliphatic rings. The third-order valence-electron chi connectivity index (χ3n) is 6.55. The second-order valence-electron chi connectivity index (χ2n) is 10.1. The third-order valence-corrected chi connectivity index (χ3v) is 6.55. The molecule has 0 saturated carbocycles. The highest BCUT2D eigenvalue weighted by molar-refractivity contribution is 5.94. The molecule has 0 aliphatic heterocycles. The minimum absolute atomic E-state index is 0.0591. The average Bonchev–Trinajstić information content (AvgIpc) is 2.84. The molecule has 0 saturated heterocycles. The molecule has 36 heavy (non-hydrogen) atoms. The van der Waals surface area contributed by atoms with Crippen molar-refractivity contribution in [3.05, 3.63) is 35.9 Å². The Bertz CT molecular complexity index is 861. The fraction of sp³-hybridized carbons (Fsp3) is 0.630. The van der Waals surface area contributed by atoms with Crippen LogP contribution in [0.25, 0.3) is 0 Å². The highest BCUT2D eigenvalue weighted by Gasteiger charge is 2.33. The smallest absolute Gasteiger partial charge is 0.326 e. The van der Waals surface area contributed by atoms with Gasteiger partial charge in [-0.2, -0.15) is 0 Å². The molecule has 1 aromatic carbocycles. The minimum Gasteiger partial charge on any atom is -0.480 e. The molecule has 0 fully saturated rings. The van der Waals surface area contributed by atoms with Gasteiger partial charge in [0.1, 0.15) is 18.1 Å². The van der Waals surface area contributed by atoms with Gasteiger partial charge in [-0.15, -0.1) is 0 Å². The second-order valence-corrected chi connectivity index (χ2v) is 10.1. The van der Waals surface area contributed by atoms with E-state index in [-0.39, 0.29) is 17.8 Å². The van der Waals surface area contributed by atoms with Crippen LogP contribution in [0.2, 0.25) is 0 Å². The molecule has 6 atom stereocenters. The average molecular weight is 505 g/mol. The van der Waals surface area contributed by atoms with Gasteiger partial charge in [-0.25, -0.2) is 4.79 Å². The molecule has 9 heteroatoms. The van der Waals surface area contributed by atoms with Crippen LogP contribution in [0.3, 0.4) is 0 Å². The summed E-state index contributed by atoms with van der Waals surface area (Å²) in [6.07, 6.45) is 1.83. The molecule has 0 aliphatic carbocycles. The van der Waals surface area contributed by atoms with Gasteiger partial charge in [0, 0.05) is 0 Å². The lowest BCUT2D eigenvalue weighted by molar-refractivity contribution is -0.144. The topological polar surface area (TPSA) is 151 Å². The lowest BCUT2D eigenvalue weighted by Crippen LogP contribution is -2.59. The quantitative estimate of drug-likeness (QED) is 0.247. The van der Waals surface area contributed by atoms with Crippen molar-refractivity contribution in [2.45, 2.75) is 91.4 Å². The maximum atomic E-state index is 13.3. The number of nitrogens with two attached hydrogens (primary N) is 1. The van der Waals surface area contributed by atoms with Gasteiger partial charge >= 0.3 is 5.97 Å². The summed E-state index contributed by atoms with van der Waals surface area (Å²) in [6, 6.07) is 5.64. The fourth-order valence-corrected chi connectivity index (χ4v) is 3.82. The Morgan fingerprint density at radius 3 is 1.83 bits per heavy atom. The molecule has 6 unspecified atom stereocenters. The molecular formula is C27H44N4O5. The zero-order valence-electron chi connectivity index (χ0n) is 22.4. The molecule has 9 nitrogen and oxygen atoms in total. The number of carboxylic acids is 1. The van der Waals surface area contributed by atoms with E-state index in [9.17, 15) is 24.3 Å². The van der Waals surface area contributed by atoms with Crippen molar-refractivity contribution >= 4 is 23.7 Å². The monoisotopic (exact) mass is 504 g/mol. The predicted octanol–water partition coefficient (Wildman–Crippen LogP) is 2.23. The predicted molar refractivity (Wildman–Crippen MR) is 140 cm³/mol. The van der Waals surface area contributed by atoms with Gasteiger partial charge in [-0.3, -0.25) is 14.4 Å². The molecule has 0 bridgehead atoms. The summed E-state index contributed by atoms with van der Waals surface area (Å²) >= 11 is 0. The maximum absolute atomic E-state index is 13.3. The van der Waals surface area contributed by atoms with Gasteiger partial charge in [0.2, 0.25) is 17.7 Å². The number of carbonyl (C=O) groups excluding carboxylic acids is 3. The van der Waals surface area contributed by atoms with Gasteiger partial charge in [0.25, 0.3) is 0 Å². The number of rotatable bonds is 15. The molecule has 6 N–H and O–H groups in total. The van der Waals surface area contributed by atoms with Crippen molar-refractivity contribution < 1.29 is 24.3 Å². The number of carbonyl (C=O) groups is 4. The van der Waals surface area contributed by atoms with Crippen LogP contribution in [0.5, 0.6) is 0 Å². The van der Waals surface area contributed by atoms with Crippen molar-refractivity contribution in [2.75, 3.05) is 0 Å². The van der Waals surface area contributed by atoms with E-state index in [2.05, 4.69) is 16.0 Å². The summed E-state index contributed by atoms with van der Waals surface area (Å²) in [5.74, 6) is -3.06. The van der Waals surface area contributed by atoms with E-state index in [1.54, 1.807) is 6.92 Å². The van der Waals surface area contributed by atoms with Gasteiger partial charge < -0.3 is 26.8 Å². The Labute approximate surface area is 215 Å². The highest BCUT2D eigenvalue weighted by atomic mass is 16.4. The third kappa shape index (κ3) is 9.97. The molecule has 3 amide bonds. The molecule has 0 aromatic heterocycles. The van der Waals surface area contributed by atoms with Crippen molar-refractivity contribution in [3.63, 3.8) is 0 Å². The van der Waals surface area contributed by atoms with E-state index >= 15 is 0 Å². The molecule has 1 rings (SSSR count). The Balaban J connectivity index is 3.00. The number of hydrogen-bond donors (Lipinski definition) is 5. The van der Waals surface area contributed by atoms with Crippen LogP contribution in [-0.4, -0.2) is 53.0 Å². The number of benzene rings is 1. The fourth-order valence-electron chi connectivity index (χ4n) is 3.82. The van der Waals surface area contributed by atoms with Crippen LogP contribution in [0.4, 0.5) is 0 Å². The van der Waals surface area contributed by atoms with E-state index in [4.69, 9.17) is 5.73 Å². The van der Waals surface area contributed by atoms with E-state index in [0.29, 0.717) is 25.7 Å². The van der Waals surface area contributed by atoms with Crippen LogP contribution < -0.4 is 21.7 Å². The first kappa shape index (κ1) is 31.1. The normalized spacial score (nSPS) is 16.2. The summed E-state index contributed by atoms with van der Waals surface area (Å²) in [6.45, 7) is 11.2. The van der Waals surface area contributed by atoms with Crippen LogP contribution in [0.1, 0.15) is 66.4 Å². The highest BCUT2D eigenvalue weighted by Crippen LogP contribution is 2.13. The number of hydrogen-bond acceptors (Lipinski definition) is 5. The number of carboxylic acid groups (broad SMARTS) is 1. The van der Waals surface area contributed by atoms with Crippen LogP contribution >= 0.6 is 0 Å². The lowest BCUT2D eigenvalue weighted by Gasteiger charge is -2.29. The van der Waals surface area contributed by atoms with Gasteiger partial charge in [0.15, 0.2) is 0 Å². The molecule has 0 spiro atoms. The SMILES string of the molecule is CCC(C)C(NC(=O)C(CC(C)C)NC(=O)C(NC(=O)C(N)Cc1ccccc1)C(C)CC)C(=O)O. The van der Waals surface area contributed by atoms with Crippen LogP contribution in [0, 0.1) is 17.8 Å². The first-order valence-electron chi connectivity index (χ1n) is 12.8. The Morgan fingerprint density at radius 2 is 1.33 bits per heavy atom. The Hall–Kier alpha value is -2.94. The van der Waals surface area contributed by atoms with Crippen molar-refractivity contribution in [1.29, 1.82) is 0 Å². The summed E-state index contributed by atoms with van der Waals surface area (Å²) in [5.41, 5.74) is 7.03. The second kappa shape index (κ2) is 15.2. The largest absolute Gasteiger partial charge is 0.480 e. The molecule has 1 aromatic rings. The molecule has 0 radical (unpaired) electrons. The van der Waals surface area contributed by atoms with Gasteiger partial charge in [-0.05, 0) is 36.2 Å². The van der Waals surface area contributed by atoms with E-state index in [1.165, 1.54) is 0 Å². The van der Waals surface area contributed by atoms with Gasteiger partial charge in [0.05, 0.1) is 6.04 Å². The molecular weight excluding hydrogens is 460 g/mol. The zero-order chi connectivity index (χ0) is 27.4. The number of aliphatic carboxylic acids is 1. The van der Waals surface area contributed by atoms with Gasteiger partial charge in [-0.1, -0.05) is 84.7 Å². The maximum Gasteiger partial charge on any atom is 0.326 e. The zero-order valence-corrected chi connectivity index (χ0v) is 22.4.